The number of hydrogen-bond donors (Lipinski definition) is 3. The summed E-state index contributed by atoms with van der Waals surface area (Å²) in [6.45, 7) is 4.07. The maximum atomic E-state index is 13.3. The molecule has 2 aromatic heterocycles. The van der Waals surface area contributed by atoms with Crippen LogP contribution >= 0.6 is 11.3 Å². The molecule has 0 aliphatic heterocycles. The molecule has 6 heteroatoms. The summed E-state index contributed by atoms with van der Waals surface area (Å²) in [6, 6.07) is 19.0. The Kier molecular flexibility index (Phi) is 6.71. The van der Waals surface area contributed by atoms with Crippen molar-refractivity contribution in [3.05, 3.63) is 93.8 Å². The van der Waals surface area contributed by atoms with Crippen LogP contribution in [-0.4, -0.2) is 28.9 Å². The second-order valence-electron chi connectivity index (χ2n) is 8.11. The van der Waals surface area contributed by atoms with Crippen molar-refractivity contribution < 1.29 is 9.59 Å². The summed E-state index contributed by atoms with van der Waals surface area (Å²) >= 11 is 1.36. The first-order valence-electron chi connectivity index (χ1n) is 10.8. The van der Waals surface area contributed by atoms with E-state index in [4.69, 9.17) is 0 Å². The molecule has 0 unspecified atom stereocenters. The lowest BCUT2D eigenvalue weighted by atomic mass is 10.0. The number of thiophene rings is 1. The van der Waals surface area contributed by atoms with Crippen LogP contribution in [0, 0.1) is 6.92 Å². The Morgan fingerprint density at radius 3 is 2.50 bits per heavy atom. The molecule has 3 N–H and O–H groups in total. The van der Waals surface area contributed by atoms with Crippen molar-refractivity contribution in [2.45, 2.75) is 38.8 Å². The van der Waals surface area contributed by atoms with Gasteiger partial charge in [-0.3, -0.25) is 9.59 Å². The molecule has 0 saturated heterocycles. The van der Waals surface area contributed by atoms with Crippen molar-refractivity contribution in [3.8, 4) is 0 Å². The van der Waals surface area contributed by atoms with Gasteiger partial charge in [-0.15, -0.1) is 11.3 Å². The summed E-state index contributed by atoms with van der Waals surface area (Å²) in [5, 5.41) is 8.97. The second kappa shape index (κ2) is 9.83. The molecular weight excluding hydrogens is 418 g/mol. The molecule has 164 valence electrons. The van der Waals surface area contributed by atoms with Gasteiger partial charge in [-0.2, -0.15) is 0 Å². The smallest absolute Gasteiger partial charge is 0.262 e. The molecule has 4 aromatic rings. The monoisotopic (exact) mass is 445 g/mol. The highest BCUT2D eigenvalue weighted by atomic mass is 32.1. The van der Waals surface area contributed by atoms with Crippen LogP contribution in [0.15, 0.2) is 72.2 Å². The third kappa shape index (κ3) is 5.08. The Bertz CT molecular complexity index is 1210. The number of H-pyrrole nitrogens is 1. The maximum absolute atomic E-state index is 13.3. The Morgan fingerprint density at radius 1 is 0.938 bits per heavy atom. The van der Waals surface area contributed by atoms with Crippen LogP contribution in [0.1, 0.15) is 33.3 Å². The number of carbonyl (C=O) groups is 2. The van der Waals surface area contributed by atoms with Crippen LogP contribution in [-0.2, 0) is 17.6 Å². The molecule has 0 fully saturated rings. The number of amides is 2. The van der Waals surface area contributed by atoms with E-state index in [-0.39, 0.29) is 17.9 Å². The Hall–Kier alpha value is -3.38. The van der Waals surface area contributed by atoms with E-state index in [0.29, 0.717) is 11.3 Å². The minimum atomic E-state index is -0.678. The van der Waals surface area contributed by atoms with Crippen molar-refractivity contribution in [2.24, 2.45) is 0 Å². The number of hydrogen-bond acceptors (Lipinski definition) is 3. The van der Waals surface area contributed by atoms with E-state index in [9.17, 15) is 9.59 Å². The molecule has 0 bridgehead atoms. The zero-order chi connectivity index (χ0) is 22.5. The molecule has 4 rings (SSSR count). The lowest BCUT2D eigenvalue weighted by Crippen LogP contribution is -2.50. The van der Waals surface area contributed by atoms with Crippen molar-refractivity contribution >= 4 is 34.1 Å². The molecular formula is C26H27N3O2S. The third-order valence-electron chi connectivity index (χ3n) is 5.64. The van der Waals surface area contributed by atoms with E-state index in [1.54, 1.807) is 6.07 Å². The minimum Gasteiger partial charge on any atom is -0.361 e. The van der Waals surface area contributed by atoms with Gasteiger partial charge in [0.15, 0.2) is 0 Å². The average molecular weight is 446 g/mol. The molecule has 2 amide bonds. The van der Waals surface area contributed by atoms with Gasteiger partial charge in [-0.25, -0.2) is 0 Å². The van der Waals surface area contributed by atoms with Gasteiger partial charge in [-0.05, 0) is 54.5 Å². The molecule has 2 heterocycles. The lowest BCUT2D eigenvalue weighted by Gasteiger charge is -2.22. The fourth-order valence-corrected chi connectivity index (χ4v) is 4.56. The highest BCUT2D eigenvalue weighted by Crippen LogP contribution is 2.20. The van der Waals surface area contributed by atoms with Gasteiger partial charge in [0, 0.05) is 29.6 Å². The van der Waals surface area contributed by atoms with E-state index >= 15 is 0 Å². The molecule has 0 radical (unpaired) electrons. The number of aryl methyl sites for hydroxylation is 1. The number of aromatic nitrogens is 1. The minimum absolute atomic E-state index is 0.0623. The Labute approximate surface area is 191 Å². The summed E-state index contributed by atoms with van der Waals surface area (Å²) in [7, 11) is 0. The van der Waals surface area contributed by atoms with Gasteiger partial charge >= 0.3 is 0 Å². The number of benzene rings is 2. The molecule has 0 saturated carbocycles. The molecule has 5 nitrogen and oxygen atoms in total. The number of fused-ring (bicyclic) bond motifs is 1. The average Bonchev–Trinajstić information content (AvgIpc) is 3.45. The quantitative estimate of drug-likeness (QED) is 0.370. The van der Waals surface area contributed by atoms with Gasteiger partial charge in [0.25, 0.3) is 5.91 Å². The molecule has 32 heavy (non-hydrogen) atoms. The van der Waals surface area contributed by atoms with Gasteiger partial charge < -0.3 is 15.6 Å². The van der Waals surface area contributed by atoms with Crippen LogP contribution in [0.4, 0.5) is 0 Å². The SMILES string of the molecule is Cc1ccccc1C[C@@H](C)NC(=O)[C@H](Cc1c[nH]c2ccccc12)NC(=O)c1cccs1. The van der Waals surface area contributed by atoms with Gasteiger partial charge in [0.2, 0.25) is 5.91 Å². The van der Waals surface area contributed by atoms with Crippen molar-refractivity contribution in [1.29, 1.82) is 0 Å². The number of para-hydroxylation sites is 1. The largest absolute Gasteiger partial charge is 0.361 e. The summed E-state index contributed by atoms with van der Waals surface area (Å²) in [5.74, 6) is -0.409. The summed E-state index contributed by atoms with van der Waals surface area (Å²) in [6.07, 6.45) is 3.06. The van der Waals surface area contributed by atoms with E-state index in [0.717, 1.165) is 22.9 Å². The highest BCUT2D eigenvalue weighted by molar-refractivity contribution is 7.12. The summed E-state index contributed by atoms with van der Waals surface area (Å²) < 4.78 is 0. The normalized spacial score (nSPS) is 12.9. The Morgan fingerprint density at radius 2 is 1.72 bits per heavy atom. The number of carbonyl (C=O) groups excluding carboxylic acids is 2. The highest BCUT2D eigenvalue weighted by Gasteiger charge is 2.25. The van der Waals surface area contributed by atoms with E-state index in [2.05, 4.69) is 34.7 Å². The first-order valence-corrected chi connectivity index (χ1v) is 11.6. The van der Waals surface area contributed by atoms with Crippen LogP contribution < -0.4 is 10.6 Å². The predicted octanol–water partition coefficient (Wildman–Crippen LogP) is 4.63. The van der Waals surface area contributed by atoms with Crippen molar-refractivity contribution in [3.63, 3.8) is 0 Å². The van der Waals surface area contributed by atoms with Crippen molar-refractivity contribution in [2.75, 3.05) is 0 Å². The molecule has 0 spiro atoms. The van der Waals surface area contributed by atoms with E-state index in [1.807, 2.05) is 61.0 Å². The predicted molar refractivity (Wildman–Crippen MR) is 130 cm³/mol. The number of rotatable bonds is 8. The summed E-state index contributed by atoms with van der Waals surface area (Å²) in [4.78, 5) is 29.9. The van der Waals surface area contributed by atoms with Crippen LogP contribution in [0.3, 0.4) is 0 Å². The van der Waals surface area contributed by atoms with Gasteiger partial charge in [-0.1, -0.05) is 48.5 Å². The topological polar surface area (TPSA) is 74.0 Å². The standard InChI is InChI=1S/C26H27N3O2S/c1-17-8-3-4-9-19(17)14-18(2)28-25(30)23(29-26(31)24-12-7-13-32-24)15-20-16-27-22-11-6-5-10-21(20)22/h3-13,16,18,23,27H,14-15H2,1-2H3,(H,28,30)(H,29,31)/t18-,23+/m1/s1. The molecule has 2 atom stereocenters. The number of nitrogens with one attached hydrogen (secondary N) is 3. The van der Waals surface area contributed by atoms with Gasteiger partial charge in [0.1, 0.15) is 6.04 Å². The first-order chi connectivity index (χ1) is 15.5. The van der Waals surface area contributed by atoms with Crippen molar-refractivity contribution in [1.82, 2.24) is 15.6 Å². The van der Waals surface area contributed by atoms with Crippen LogP contribution in [0.2, 0.25) is 0 Å². The number of aromatic amines is 1. The zero-order valence-corrected chi connectivity index (χ0v) is 19.0. The fraction of sp³-hybridized carbons (Fsp3) is 0.231. The second-order valence-corrected chi connectivity index (χ2v) is 9.05. The van der Waals surface area contributed by atoms with Gasteiger partial charge in [0.05, 0.1) is 4.88 Å². The first kappa shape index (κ1) is 21.8. The van der Waals surface area contributed by atoms with E-state index < -0.39 is 6.04 Å². The van der Waals surface area contributed by atoms with Crippen LogP contribution in [0.25, 0.3) is 10.9 Å². The zero-order valence-electron chi connectivity index (χ0n) is 18.2. The fourth-order valence-electron chi connectivity index (χ4n) is 3.93. The lowest BCUT2D eigenvalue weighted by molar-refractivity contribution is -0.123. The third-order valence-corrected chi connectivity index (χ3v) is 6.51. The van der Waals surface area contributed by atoms with Crippen LogP contribution in [0.5, 0.6) is 0 Å². The maximum Gasteiger partial charge on any atom is 0.262 e. The van der Waals surface area contributed by atoms with E-state index in [1.165, 1.54) is 22.5 Å². The molecule has 0 aliphatic rings. The molecule has 2 aromatic carbocycles. The summed E-state index contributed by atoms with van der Waals surface area (Å²) in [5.41, 5.74) is 4.42. The Balaban J connectivity index is 1.51. The molecule has 0 aliphatic carbocycles.